The maximum absolute atomic E-state index is 12.1. The highest BCUT2D eigenvalue weighted by Gasteiger charge is 2.22. The summed E-state index contributed by atoms with van der Waals surface area (Å²) in [7, 11) is 0. The second kappa shape index (κ2) is 7.24. The van der Waals surface area contributed by atoms with E-state index >= 15 is 0 Å². The van der Waals surface area contributed by atoms with Crippen LogP contribution in [0.2, 0.25) is 10.0 Å². The Hall–Kier alpha value is -1.86. The second-order valence-electron chi connectivity index (χ2n) is 4.14. The van der Waals surface area contributed by atoms with Crippen molar-refractivity contribution in [1.82, 2.24) is 10.6 Å². The molecule has 7 nitrogen and oxygen atoms in total. The highest BCUT2D eigenvalue weighted by Crippen LogP contribution is 2.30. The number of amides is 2. The number of nitro benzene ring substituents is 1. The third-order valence-corrected chi connectivity index (χ3v) is 3.36. The number of nitro groups is 1. The normalized spacial score (nSPS) is 11.6. The van der Waals surface area contributed by atoms with Crippen molar-refractivity contribution in [2.75, 3.05) is 6.54 Å². The van der Waals surface area contributed by atoms with Crippen molar-refractivity contribution in [1.29, 1.82) is 0 Å². The van der Waals surface area contributed by atoms with Crippen molar-refractivity contribution in [2.24, 2.45) is 0 Å². The van der Waals surface area contributed by atoms with Crippen LogP contribution in [0.25, 0.3) is 0 Å². The van der Waals surface area contributed by atoms with E-state index in [9.17, 15) is 19.7 Å². The topological polar surface area (TPSA) is 101 Å². The zero-order chi connectivity index (χ0) is 16.2. The van der Waals surface area contributed by atoms with E-state index in [-0.39, 0.29) is 27.2 Å². The molecule has 114 valence electrons. The summed E-state index contributed by atoms with van der Waals surface area (Å²) < 4.78 is 0. The molecule has 0 aliphatic heterocycles. The zero-order valence-corrected chi connectivity index (χ0v) is 12.8. The van der Waals surface area contributed by atoms with Crippen molar-refractivity contribution in [2.45, 2.75) is 19.9 Å². The second-order valence-corrected chi connectivity index (χ2v) is 4.92. The lowest BCUT2D eigenvalue weighted by atomic mass is 10.1. The number of likely N-dealkylation sites (N-methyl/N-ethyl adjacent to an activating group) is 1. The molecule has 21 heavy (non-hydrogen) atoms. The molecule has 0 heterocycles. The lowest BCUT2D eigenvalue weighted by Crippen LogP contribution is -2.44. The SMILES string of the molecule is CCNC(=O)C(C)NC(=O)c1cc([N+](=O)[O-])cc(Cl)c1Cl. The predicted octanol–water partition coefficient (Wildman–Crippen LogP) is 2.16. The molecule has 0 bridgehead atoms. The van der Waals surface area contributed by atoms with Crippen molar-refractivity contribution >= 4 is 40.7 Å². The van der Waals surface area contributed by atoms with Gasteiger partial charge in [0.2, 0.25) is 5.91 Å². The fourth-order valence-electron chi connectivity index (χ4n) is 1.51. The van der Waals surface area contributed by atoms with Gasteiger partial charge in [0, 0.05) is 18.7 Å². The summed E-state index contributed by atoms with van der Waals surface area (Å²) in [5, 5.41) is 15.5. The summed E-state index contributed by atoms with van der Waals surface area (Å²) in [5.41, 5.74) is -0.521. The number of nitrogens with one attached hydrogen (secondary N) is 2. The number of non-ortho nitro benzene ring substituents is 1. The first kappa shape index (κ1) is 17.2. The minimum absolute atomic E-state index is 0.108. The molecule has 0 radical (unpaired) electrons. The van der Waals surface area contributed by atoms with Crippen molar-refractivity contribution < 1.29 is 14.5 Å². The van der Waals surface area contributed by atoms with E-state index in [1.165, 1.54) is 6.92 Å². The molecule has 0 aliphatic carbocycles. The quantitative estimate of drug-likeness (QED) is 0.636. The number of benzene rings is 1. The Morgan fingerprint density at radius 1 is 1.38 bits per heavy atom. The molecular formula is C12H13Cl2N3O4. The van der Waals surface area contributed by atoms with Crippen LogP contribution in [0.5, 0.6) is 0 Å². The minimum Gasteiger partial charge on any atom is -0.355 e. The van der Waals surface area contributed by atoms with Gasteiger partial charge in [0.05, 0.1) is 20.5 Å². The fourth-order valence-corrected chi connectivity index (χ4v) is 1.92. The average Bonchev–Trinajstić information content (AvgIpc) is 2.41. The van der Waals surface area contributed by atoms with Crippen LogP contribution in [0.1, 0.15) is 24.2 Å². The molecule has 2 amide bonds. The van der Waals surface area contributed by atoms with Crippen LogP contribution in [-0.4, -0.2) is 29.3 Å². The van der Waals surface area contributed by atoms with Crippen LogP contribution in [0.3, 0.4) is 0 Å². The first-order valence-corrected chi connectivity index (χ1v) is 6.75. The van der Waals surface area contributed by atoms with E-state index in [2.05, 4.69) is 10.6 Å². The Balaban J connectivity index is 3.02. The van der Waals surface area contributed by atoms with E-state index in [0.29, 0.717) is 6.54 Å². The molecule has 0 spiro atoms. The summed E-state index contributed by atoms with van der Waals surface area (Å²) in [6.07, 6.45) is 0. The standard InChI is InChI=1S/C12H13Cl2N3O4/c1-3-15-11(18)6(2)16-12(19)8-4-7(17(20)21)5-9(13)10(8)14/h4-6H,3H2,1-2H3,(H,15,18)(H,16,19). The Morgan fingerprint density at radius 3 is 2.52 bits per heavy atom. The number of halogens is 2. The molecule has 1 atom stereocenters. The summed E-state index contributed by atoms with van der Waals surface area (Å²) in [5.74, 6) is -1.09. The van der Waals surface area contributed by atoms with Crippen LogP contribution < -0.4 is 10.6 Å². The van der Waals surface area contributed by atoms with E-state index in [4.69, 9.17) is 23.2 Å². The first-order chi connectivity index (χ1) is 9.77. The van der Waals surface area contributed by atoms with Gasteiger partial charge >= 0.3 is 0 Å². The molecular weight excluding hydrogens is 321 g/mol. The van der Waals surface area contributed by atoms with Crippen LogP contribution >= 0.6 is 23.2 Å². The summed E-state index contributed by atoms with van der Waals surface area (Å²) in [6.45, 7) is 3.64. The number of hydrogen-bond donors (Lipinski definition) is 2. The summed E-state index contributed by atoms with van der Waals surface area (Å²) in [6, 6.07) is 1.24. The Labute approximate surface area is 130 Å². The molecule has 1 rings (SSSR count). The van der Waals surface area contributed by atoms with Crippen molar-refractivity contribution in [3.8, 4) is 0 Å². The van der Waals surface area contributed by atoms with Crippen molar-refractivity contribution in [3.05, 3.63) is 37.9 Å². The lowest BCUT2D eigenvalue weighted by molar-refractivity contribution is -0.384. The van der Waals surface area contributed by atoms with Gasteiger partial charge in [-0.3, -0.25) is 19.7 Å². The van der Waals surface area contributed by atoms with E-state index in [1.54, 1.807) is 6.92 Å². The number of hydrogen-bond acceptors (Lipinski definition) is 4. The lowest BCUT2D eigenvalue weighted by Gasteiger charge is -2.14. The van der Waals surface area contributed by atoms with Gasteiger partial charge in [-0.1, -0.05) is 23.2 Å². The van der Waals surface area contributed by atoms with Crippen LogP contribution in [0.4, 0.5) is 5.69 Å². The Bertz CT molecular complexity index is 592. The van der Waals surface area contributed by atoms with Gasteiger partial charge in [-0.2, -0.15) is 0 Å². The molecule has 1 aromatic rings. The molecule has 0 aliphatic rings. The van der Waals surface area contributed by atoms with Gasteiger partial charge < -0.3 is 10.6 Å². The van der Waals surface area contributed by atoms with Crippen molar-refractivity contribution in [3.63, 3.8) is 0 Å². The third kappa shape index (κ3) is 4.30. The maximum Gasteiger partial charge on any atom is 0.271 e. The largest absolute Gasteiger partial charge is 0.355 e. The highest BCUT2D eigenvalue weighted by molar-refractivity contribution is 6.44. The third-order valence-electron chi connectivity index (χ3n) is 2.56. The van der Waals surface area contributed by atoms with Gasteiger partial charge in [0.1, 0.15) is 6.04 Å². The van der Waals surface area contributed by atoms with E-state index in [0.717, 1.165) is 12.1 Å². The average molecular weight is 334 g/mol. The predicted molar refractivity (Wildman–Crippen MR) is 78.7 cm³/mol. The van der Waals surface area contributed by atoms with E-state index < -0.39 is 16.9 Å². The molecule has 0 aromatic heterocycles. The van der Waals surface area contributed by atoms with E-state index in [1.807, 2.05) is 0 Å². The maximum atomic E-state index is 12.1. The molecule has 0 saturated carbocycles. The molecule has 1 aromatic carbocycles. The highest BCUT2D eigenvalue weighted by atomic mass is 35.5. The molecule has 9 heteroatoms. The van der Waals surface area contributed by atoms with Gasteiger partial charge in [0.25, 0.3) is 11.6 Å². The molecule has 0 saturated heterocycles. The Kier molecular flexibility index (Phi) is 5.92. The smallest absolute Gasteiger partial charge is 0.271 e. The number of carbonyl (C=O) groups excluding carboxylic acids is 2. The Morgan fingerprint density at radius 2 is 2.00 bits per heavy atom. The van der Waals surface area contributed by atoms with Crippen LogP contribution in [0.15, 0.2) is 12.1 Å². The summed E-state index contributed by atoms with van der Waals surface area (Å²) >= 11 is 11.6. The summed E-state index contributed by atoms with van der Waals surface area (Å²) in [4.78, 5) is 33.7. The van der Waals surface area contributed by atoms with Crippen LogP contribution in [-0.2, 0) is 4.79 Å². The van der Waals surface area contributed by atoms with Gasteiger partial charge in [-0.05, 0) is 13.8 Å². The minimum atomic E-state index is -0.813. The number of nitrogens with zero attached hydrogens (tertiary/aromatic N) is 1. The van der Waals surface area contributed by atoms with Crippen LogP contribution in [0, 0.1) is 10.1 Å². The molecule has 1 unspecified atom stereocenters. The molecule has 0 fully saturated rings. The fraction of sp³-hybridized carbons (Fsp3) is 0.333. The number of carbonyl (C=O) groups is 2. The van der Waals surface area contributed by atoms with Gasteiger partial charge in [-0.15, -0.1) is 0 Å². The molecule has 2 N–H and O–H groups in total. The van der Waals surface area contributed by atoms with Gasteiger partial charge in [0.15, 0.2) is 0 Å². The van der Waals surface area contributed by atoms with Gasteiger partial charge in [-0.25, -0.2) is 0 Å². The first-order valence-electron chi connectivity index (χ1n) is 6.00. The zero-order valence-electron chi connectivity index (χ0n) is 11.3. The monoisotopic (exact) mass is 333 g/mol. The number of rotatable bonds is 5.